The molecule has 0 aliphatic carbocycles. The Hall–Kier alpha value is -0.550. The van der Waals surface area contributed by atoms with Crippen LogP contribution in [0.2, 0.25) is 0 Å². The van der Waals surface area contributed by atoms with Crippen molar-refractivity contribution in [1.29, 1.82) is 0 Å². The molecule has 0 aromatic heterocycles. The maximum Gasteiger partial charge on any atom is 0.501 e. The molecule has 1 heteroatoms. The fraction of sp³-hybridized carbons (Fsp3) is 0.333. The minimum Gasteiger partial charge on any atom is -0.0303 e. The third-order valence-electron chi connectivity index (χ3n) is 0.118. The van der Waals surface area contributed by atoms with Crippen LogP contribution in [0.4, 0.5) is 0 Å². The van der Waals surface area contributed by atoms with Crippen molar-refractivity contribution in [2.45, 2.75) is 6.92 Å². The molecular formula is C3H4O+. The SMILES string of the molecule is CC=C=[O+]. The monoisotopic (exact) mass is 56.0 g/mol. The average Bonchev–Trinajstić information content (AvgIpc) is 1.37. The second-order valence-electron chi connectivity index (χ2n) is 0.407. The molecule has 0 unspecified atom stereocenters. The van der Waals surface area contributed by atoms with Crippen LogP contribution in [0.5, 0.6) is 0 Å². The first-order valence-electron chi connectivity index (χ1n) is 1.07. The topological polar surface area (TPSA) is 19.9 Å². The number of rotatable bonds is 0. The van der Waals surface area contributed by atoms with Gasteiger partial charge in [0.1, 0.15) is 0 Å². The number of carbonyl (C=O) groups excluding carboxylic acids is 1. The second kappa shape index (κ2) is 2.45. The molecule has 1 radical (unpaired) electrons. The minimum absolute atomic E-state index is 1.32. The van der Waals surface area contributed by atoms with Crippen molar-refractivity contribution < 1.29 is 4.79 Å². The van der Waals surface area contributed by atoms with Gasteiger partial charge in [-0.3, -0.25) is 0 Å². The van der Waals surface area contributed by atoms with Crippen molar-refractivity contribution in [3.05, 3.63) is 6.08 Å². The first-order chi connectivity index (χ1) is 1.91. The van der Waals surface area contributed by atoms with Gasteiger partial charge >= 0.3 is 10.7 Å². The van der Waals surface area contributed by atoms with Crippen LogP contribution in [0.1, 0.15) is 6.92 Å². The van der Waals surface area contributed by atoms with Crippen LogP contribution in [-0.4, -0.2) is 5.94 Å². The number of allylic oxidation sites excluding steroid dienone is 1. The summed E-state index contributed by atoms with van der Waals surface area (Å²) in [6.07, 6.45) is 1.32. The lowest BCUT2D eigenvalue weighted by Crippen LogP contribution is -1.32. The van der Waals surface area contributed by atoms with E-state index in [0.29, 0.717) is 0 Å². The Morgan fingerprint density at radius 2 is 2.25 bits per heavy atom. The van der Waals surface area contributed by atoms with Gasteiger partial charge in [-0.05, 0) is 6.92 Å². The summed E-state index contributed by atoms with van der Waals surface area (Å²) < 4.78 is 0. The van der Waals surface area contributed by atoms with Gasteiger partial charge in [0, 0.05) is 0 Å². The summed E-state index contributed by atoms with van der Waals surface area (Å²) in [7, 11) is 0. The Kier molecular flexibility index (Phi) is 2.11. The van der Waals surface area contributed by atoms with Crippen LogP contribution in [0.3, 0.4) is 0 Å². The van der Waals surface area contributed by atoms with Crippen molar-refractivity contribution in [2.75, 3.05) is 0 Å². The van der Waals surface area contributed by atoms with E-state index in [4.69, 9.17) is 4.79 Å². The lowest BCUT2D eigenvalue weighted by Gasteiger charge is -1.18. The van der Waals surface area contributed by atoms with Crippen LogP contribution in [0, 0.1) is 0 Å². The summed E-state index contributed by atoms with van der Waals surface area (Å²) in [6, 6.07) is 0. The standard InChI is InChI=1S/C3H4O/c1-2-3-4/h2H,1H3/q+1. The molecule has 0 spiro atoms. The molecule has 0 N–H and O–H groups in total. The van der Waals surface area contributed by atoms with E-state index in [0.717, 1.165) is 0 Å². The molecule has 4 heavy (non-hydrogen) atoms. The van der Waals surface area contributed by atoms with E-state index in [1.807, 2.05) is 0 Å². The first-order valence-corrected chi connectivity index (χ1v) is 1.07. The summed E-state index contributed by atoms with van der Waals surface area (Å²) in [5.41, 5.74) is 0. The van der Waals surface area contributed by atoms with Gasteiger partial charge < -0.3 is 0 Å². The summed E-state index contributed by atoms with van der Waals surface area (Å²) in [6.45, 7) is 1.63. The average molecular weight is 56.1 g/mol. The molecule has 0 aromatic rings. The molecule has 0 saturated carbocycles. The fourth-order valence-corrected chi connectivity index (χ4v) is 0. The van der Waals surface area contributed by atoms with Gasteiger partial charge in [-0.25, -0.2) is 0 Å². The molecule has 0 amide bonds. The van der Waals surface area contributed by atoms with Gasteiger partial charge in [0.2, 0.25) is 0 Å². The number of hydrogen-bond acceptors (Lipinski definition) is 1. The van der Waals surface area contributed by atoms with Crippen LogP contribution >= 0.6 is 0 Å². The fourth-order valence-electron chi connectivity index (χ4n) is 0. The molecule has 0 rings (SSSR count). The molecule has 0 bridgehead atoms. The van der Waals surface area contributed by atoms with Gasteiger partial charge in [-0.2, -0.15) is 0 Å². The quantitative estimate of drug-likeness (QED) is 0.290. The maximum absolute atomic E-state index is 8.99. The van der Waals surface area contributed by atoms with Crippen LogP contribution in [-0.2, 0) is 4.79 Å². The van der Waals surface area contributed by atoms with Crippen molar-refractivity contribution in [1.82, 2.24) is 0 Å². The highest BCUT2D eigenvalue weighted by Gasteiger charge is 1.53. The van der Waals surface area contributed by atoms with Gasteiger partial charge in [0.25, 0.3) is 0 Å². The van der Waals surface area contributed by atoms with Crippen LogP contribution in [0.15, 0.2) is 6.08 Å². The maximum atomic E-state index is 8.99. The van der Waals surface area contributed by atoms with Crippen LogP contribution in [0.25, 0.3) is 0 Å². The molecule has 0 fully saturated rings. The highest BCUT2D eigenvalue weighted by Crippen LogP contribution is 1.36. The van der Waals surface area contributed by atoms with Crippen molar-refractivity contribution in [3.63, 3.8) is 0 Å². The zero-order valence-corrected chi connectivity index (χ0v) is 2.49. The lowest BCUT2D eigenvalue weighted by atomic mass is 10.8. The summed E-state index contributed by atoms with van der Waals surface area (Å²) >= 11 is 0. The Bertz CT molecular complexity index is 41.2. The predicted octanol–water partition coefficient (Wildman–Crippen LogP) is 0.394. The third-order valence-corrected chi connectivity index (χ3v) is 0.118. The van der Waals surface area contributed by atoms with Crippen molar-refractivity contribution >= 4 is 5.94 Å². The van der Waals surface area contributed by atoms with E-state index in [1.54, 1.807) is 12.9 Å². The van der Waals surface area contributed by atoms with Gasteiger partial charge in [-0.1, -0.05) is 0 Å². The second-order valence-corrected chi connectivity index (χ2v) is 0.407. The molecule has 0 saturated heterocycles. The van der Waals surface area contributed by atoms with Crippen molar-refractivity contribution in [3.8, 4) is 0 Å². The largest absolute Gasteiger partial charge is 0.501 e. The van der Waals surface area contributed by atoms with E-state index < -0.39 is 0 Å². The third kappa shape index (κ3) is 1.45. The molecule has 0 heterocycles. The van der Waals surface area contributed by atoms with E-state index in [1.165, 1.54) is 6.08 Å². The molecule has 0 atom stereocenters. The van der Waals surface area contributed by atoms with E-state index >= 15 is 0 Å². The van der Waals surface area contributed by atoms with Gasteiger partial charge in [-0.15, -0.1) is 0 Å². The summed E-state index contributed by atoms with van der Waals surface area (Å²) in [5, 5.41) is 0. The minimum atomic E-state index is 1.32. The Labute approximate surface area is 24.9 Å². The van der Waals surface area contributed by atoms with E-state index in [-0.39, 0.29) is 0 Å². The predicted molar refractivity (Wildman–Crippen MR) is 15.9 cm³/mol. The highest BCUT2D eigenvalue weighted by atomic mass is 16.1. The normalized spacial score (nSPS) is 4.25. The number of hydrogen-bond donors (Lipinski definition) is 0. The Morgan fingerprint density at radius 1 is 2.00 bits per heavy atom. The van der Waals surface area contributed by atoms with Gasteiger partial charge in [0.05, 0.1) is 6.08 Å². The molecule has 21 valence electrons. The zero-order valence-electron chi connectivity index (χ0n) is 2.49. The van der Waals surface area contributed by atoms with E-state index in [2.05, 4.69) is 0 Å². The molecule has 0 aromatic carbocycles. The zero-order chi connectivity index (χ0) is 3.41. The Balaban J connectivity index is 3.11. The summed E-state index contributed by atoms with van der Waals surface area (Å²) in [4.78, 5) is 8.99. The van der Waals surface area contributed by atoms with E-state index in [9.17, 15) is 0 Å². The smallest absolute Gasteiger partial charge is 0.0303 e. The Morgan fingerprint density at radius 3 is 2.25 bits per heavy atom. The highest BCUT2D eigenvalue weighted by molar-refractivity contribution is 5.43. The van der Waals surface area contributed by atoms with Crippen LogP contribution < -0.4 is 0 Å². The molecular weight excluding hydrogens is 52.0 g/mol. The molecule has 0 aliphatic rings. The molecule has 0 aliphatic heterocycles. The lowest BCUT2D eigenvalue weighted by molar-refractivity contribution is 0.568. The van der Waals surface area contributed by atoms with Crippen molar-refractivity contribution in [2.24, 2.45) is 0 Å². The van der Waals surface area contributed by atoms with Gasteiger partial charge in [0.15, 0.2) is 0 Å². The summed E-state index contributed by atoms with van der Waals surface area (Å²) in [5.74, 6) is 1.56. The first kappa shape index (κ1) is 3.45. The molecule has 1 nitrogen and oxygen atoms in total.